The van der Waals surface area contributed by atoms with E-state index < -0.39 is 6.10 Å². The van der Waals surface area contributed by atoms with Crippen LogP contribution in [0.25, 0.3) is 10.8 Å². The molecule has 1 atom stereocenters. The molecule has 2 heterocycles. The predicted molar refractivity (Wildman–Crippen MR) is 134 cm³/mol. The Balaban J connectivity index is 0.00000190. The summed E-state index contributed by atoms with van der Waals surface area (Å²) >= 11 is 0. The molecule has 2 amide bonds. The van der Waals surface area contributed by atoms with E-state index in [0.29, 0.717) is 44.0 Å². The van der Waals surface area contributed by atoms with Crippen molar-refractivity contribution in [3.63, 3.8) is 0 Å². The molecule has 0 bridgehead atoms. The van der Waals surface area contributed by atoms with Gasteiger partial charge in [0.2, 0.25) is 0 Å². The van der Waals surface area contributed by atoms with Crippen LogP contribution < -0.4 is 24.8 Å². The first kappa shape index (κ1) is 29.0. The number of carbonyl (C=O) groups is 2. The molecule has 9 heteroatoms. The van der Waals surface area contributed by atoms with Crippen molar-refractivity contribution in [1.82, 2.24) is 14.7 Å². The molecule has 1 N–H and O–H groups in total. The van der Waals surface area contributed by atoms with Gasteiger partial charge in [-0.2, -0.15) is 0 Å². The summed E-state index contributed by atoms with van der Waals surface area (Å²) in [5, 5.41) is 12.0. The second-order valence-corrected chi connectivity index (χ2v) is 9.27. The smallest absolute Gasteiger partial charge is 0.261 e. The lowest BCUT2D eigenvalue weighted by atomic mass is 9.94. The van der Waals surface area contributed by atoms with Gasteiger partial charge in [0, 0.05) is 62.3 Å². The van der Waals surface area contributed by atoms with Gasteiger partial charge in [-0.05, 0) is 23.1 Å². The number of aliphatic hydroxyl groups excluding tert-OH is 1. The van der Waals surface area contributed by atoms with Crippen LogP contribution in [-0.4, -0.2) is 90.1 Å². The highest BCUT2D eigenvalue weighted by atomic mass is 35.5. The summed E-state index contributed by atoms with van der Waals surface area (Å²) in [6.45, 7) is 5.73. The van der Waals surface area contributed by atoms with Crippen molar-refractivity contribution in [3.8, 4) is 0 Å². The van der Waals surface area contributed by atoms with E-state index in [2.05, 4.69) is 9.80 Å². The van der Waals surface area contributed by atoms with E-state index in [1.165, 1.54) is 4.90 Å². The summed E-state index contributed by atoms with van der Waals surface area (Å²) in [7, 11) is 0. The van der Waals surface area contributed by atoms with Crippen molar-refractivity contribution in [2.24, 2.45) is 0 Å². The minimum absolute atomic E-state index is 0. The highest BCUT2D eigenvalue weighted by Gasteiger charge is 2.32. The first-order valence-electron chi connectivity index (χ1n) is 12.2. The quantitative estimate of drug-likeness (QED) is 0.284. The minimum Gasteiger partial charge on any atom is -1.00 e. The standard InChI is InChI=1S/C28H31N3O4.2ClH/c32-23(20-35-19-21-6-2-1-3-7-21)18-30-14-12-29(13-15-30)16-17-31-27(33)24-10-4-8-22-9-5-11-25(26(22)24)28(31)34;;/h1-11,23,32H,12-20H2;2*1H/p-2. The number of ether oxygens (including phenoxy) is 1. The van der Waals surface area contributed by atoms with E-state index >= 15 is 0 Å². The fourth-order valence-corrected chi connectivity index (χ4v) is 4.96. The number of halogens is 2. The van der Waals surface area contributed by atoms with E-state index in [-0.39, 0.29) is 36.6 Å². The minimum atomic E-state index is -0.531. The second-order valence-electron chi connectivity index (χ2n) is 9.27. The molecule has 3 aromatic rings. The molecule has 1 unspecified atom stereocenters. The van der Waals surface area contributed by atoms with Gasteiger partial charge in [0.15, 0.2) is 0 Å². The van der Waals surface area contributed by atoms with Crippen LogP contribution in [0.3, 0.4) is 0 Å². The van der Waals surface area contributed by atoms with Crippen LogP contribution in [0.1, 0.15) is 26.3 Å². The monoisotopic (exact) mass is 543 g/mol. The van der Waals surface area contributed by atoms with Crippen LogP contribution in [0.5, 0.6) is 0 Å². The normalized spacial score (nSPS) is 16.8. The van der Waals surface area contributed by atoms with E-state index in [0.717, 1.165) is 42.5 Å². The lowest BCUT2D eigenvalue weighted by molar-refractivity contribution is -0.00100. The summed E-state index contributed by atoms with van der Waals surface area (Å²) < 4.78 is 5.66. The van der Waals surface area contributed by atoms with Gasteiger partial charge in [0.05, 0.1) is 19.3 Å². The summed E-state index contributed by atoms with van der Waals surface area (Å²) in [5.41, 5.74) is 2.30. The summed E-state index contributed by atoms with van der Waals surface area (Å²) in [6.07, 6.45) is -0.531. The van der Waals surface area contributed by atoms with Gasteiger partial charge in [-0.15, -0.1) is 0 Å². The lowest BCUT2D eigenvalue weighted by Crippen LogP contribution is -3.00. The fourth-order valence-electron chi connectivity index (χ4n) is 4.96. The highest BCUT2D eigenvalue weighted by molar-refractivity contribution is 6.25. The van der Waals surface area contributed by atoms with Crippen molar-refractivity contribution in [2.75, 3.05) is 52.4 Å². The van der Waals surface area contributed by atoms with Crippen molar-refractivity contribution in [1.29, 1.82) is 0 Å². The molecule has 7 nitrogen and oxygen atoms in total. The highest BCUT2D eigenvalue weighted by Crippen LogP contribution is 2.29. The zero-order valence-electron chi connectivity index (χ0n) is 20.6. The third kappa shape index (κ3) is 6.68. The lowest BCUT2D eigenvalue weighted by Gasteiger charge is -2.36. The van der Waals surface area contributed by atoms with Crippen LogP contribution in [0.4, 0.5) is 0 Å². The maximum atomic E-state index is 13.1. The largest absolute Gasteiger partial charge is 1.00 e. The zero-order valence-corrected chi connectivity index (χ0v) is 22.1. The van der Waals surface area contributed by atoms with Crippen LogP contribution in [-0.2, 0) is 11.3 Å². The SMILES string of the molecule is O=C1c2cccc3cccc(c23)C(=O)N1CCN1CCN(CC(O)COCc2ccccc2)CC1.[Cl-].[Cl-]. The van der Waals surface area contributed by atoms with Gasteiger partial charge in [-0.3, -0.25) is 24.3 Å². The van der Waals surface area contributed by atoms with Crippen LogP contribution in [0.15, 0.2) is 66.7 Å². The number of aliphatic hydroxyl groups is 1. The maximum Gasteiger partial charge on any atom is 0.261 e. The number of hydrogen-bond acceptors (Lipinski definition) is 6. The third-order valence-corrected chi connectivity index (χ3v) is 6.85. The maximum absolute atomic E-state index is 13.1. The van der Waals surface area contributed by atoms with Crippen LogP contribution in [0, 0.1) is 0 Å². The molecule has 0 aromatic heterocycles. The van der Waals surface area contributed by atoms with Gasteiger partial charge in [-0.1, -0.05) is 54.6 Å². The third-order valence-electron chi connectivity index (χ3n) is 6.85. The second kappa shape index (κ2) is 13.3. The number of β-amino-alcohol motifs (C(OH)–C–C–N with tert-alkyl or cyclic N) is 1. The summed E-state index contributed by atoms with van der Waals surface area (Å²) in [4.78, 5) is 32.0. The molecular formula is C28H31Cl2N3O4-2. The summed E-state index contributed by atoms with van der Waals surface area (Å²) in [6, 6.07) is 21.2. The number of carbonyl (C=O) groups excluding carboxylic acids is 2. The van der Waals surface area contributed by atoms with E-state index in [1.807, 2.05) is 54.6 Å². The molecular weight excluding hydrogens is 513 g/mol. The molecule has 1 saturated heterocycles. The first-order valence-corrected chi connectivity index (χ1v) is 12.2. The van der Waals surface area contributed by atoms with Gasteiger partial charge in [0.1, 0.15) is 0 Å². The first-order chi connectivity index (χ1) is 17.1. The van der Waals surface area contributed by atoms with E-state index in [4.69, 9.17) is 4.74 Å². The Kier molecular flexibility index (Phi) is 10.5. The molecule has 0 saturated carbocycles. The topological polar surface area (TPSA) is 73.3 Å². The Morgan fingerprint density at radius 3 is 1.97 bits per heavy atom. The Hall–Kier alpha value is -2.52. The molecule has 2 aliphatic rings. The average Bonchev–Trinajstić information content (AvgIpc) is 2.88. The molecule has 2 aliphatic heterocycles. The molecule has 5 rings (SSSR count). The molecule has 0 spiro atoms. The Morgan fingerprint density at radius 2 is 1.35 bits per heavy atom. The Bertz CT molecular complexity index is 1150. The molecule has 198 valence electrons. The number of hydrogen-bond donors (Lipinski definition) is 1. The van der Waals surface area contributed by atoms with Gasteiger partial charge < -0.3 is 34.7 Å². The molecule has 0 aliphatic carbocycles. The van der Waals surface area contributed by atoms with Crippen molar-refractivity contribution in [2.45, 2.75) is 12.7 Å². The number of piperazine rings is 1. The molecule has 37 heavy (non-hydrogen) atoms. The number of nitrogens with zero attached hydrogens (tertiary/aromatic N) is 3. The predicted octanol–water partition coefficient (Wildman–Crippen LogP) is -3.36. The molecule has 1 fully saturated rings. The van der Waals surface area contributed by atoms with Gasteiger partial charge in [0.25, 0.3) is 11.8 Å². The number of amides is 2. The summed E-state index contributed by atoms with van der Waals surface area (Å²) in [5.74, 6) is -0.423. The fraction of sp³-hybridized carbons (Fsp3) is 0.357. The number of benzene rings is 3. The van der Waals surface area contributed by atoms with Crippen molar-refractivity contribution in [3.05, 3.63) is 83.4 Å². The molecule has 3 aromatic carbocycles. The van der Waals surface area contributed by atoms with Crippen LogP contribution >= 0.6 is 0 Å². The van der Waals surface area contributed by atoms with Crippen molar-refractivity contribution < 1.29 is 44.2 Å². The van der Waals surface area contributed by atoms with E-state index in [9.17, 15) is 14.7 Å². The Morgan fingerprint density at radius 1 is 0.757 bits per heavy atom. The Labute approximate surface area is 229 Å². The average molecular weight is 544 g/mol. The van der Waals surface area contributed by atoms with Crippen LogP contribution in [0.2, 0.25) is 0 Å². The van der Waals surface area contributed by atoms with Gasteiger partial charge in [-0.25, -0.2) is 0 Å². The van der Waals surface area contributed by atoms with Gasteiger partial charge >= 0.3 is 0 Å². The van der Waals surface area contributed by atoms with E-state index in [1.54, 1.807) is 12.1 Å². The van der Waals surface area contributed by atoms with Crippen molar-refractivity contribution >= 4 is 22.6 Å². The number of rotatable bonds is 9. The number of imide groups is 1. The zero-order chi connectivity index (χ0) is 24.2. The molecule has 0 radical (unpaired) electrons.